The highest BCUT2D eigenvalue weighted by atomic mass is 127. The van der Waals surface area contributed by atoms with Gasteiger partial charge in [-0.2, -0.15) is 0 Å². The van der Waals surface area contributed by atoms with Crippen LogP contribution in [0.1, 0.15) is 12.0 Å². The maximum Gasteiger partial charge on any atom is 0.212 e. The van der Waals surface area contributed by atoms with Gasteiger partial charge in [-0.3, -0.25) is 4.99 Å². The molecule has 1 aliphatic heterocycles. The van der Waals surface area contributed by atoms with Gasteiger partial charge in [0.1, 0.15) is 0 Å². The highest BCUT2D eigenvalue weighted by molar-refractivity contribution is 14.0. The molecule has 1 fully saturated rings. The Morgan fingerprint density at radius 3 is 2.81 bits per heavy atom. The lowest BCUT2D eigenvalue weighted by molar-refractivity contribution is 0.397. The molecule has 1 atom stereocenters. The van der Waals surface area contributed by atoms with Crippen LogP contribution >= 0.6 is 39.9 Å². The van der Waals surface area contributed by atoms with Crippen molar-refractivity contribution in [1.29, 1.82) is 0 Å². The van der Waals surface area contributed by atoms with Crippen molar-refractivity contribution in [3.05, 3.63) is 52.6 Å². The summed E-state index contributed by atoms with van der Waals surface area (Å²) in [5.74, 6) is 1.43. The summed E-state index contributed by atoms with van der Waals surface area (Å²) in [6.45, 7) is 2.64. The number of ether oxygens (including phenoxy) is 1. The van der Waals surface area contributed by atoms with Gasteiger partial charge in [0.2, 0.25) is 5.88 Å². The van der Waals surface area contributed by atoms with Crippen LogP contribution in [0.25, 0.3) is 0 Å². The van der Waals surface area contributed by atoms with Crippen molar-refractivity contribution in [2.24, 2.45) is 4.99 Å². The zero-order valence-electron chi connectivity index (χ0n) is 15.5. The van der Waals surface area contributed by atoms with Crippen molar-refractivity contribution in [3.8, 4) is 5.88 Å². The van der Waals surface area contributed by atoms with E-state index in [9.17, 15) is 0 Å². The van der Waals surface area contributed by atoms with Crippen molar-refractivity contribution in [1.82, 2.24) is 15.6 Å². The van der Waals surface area contributed by atoms with E-state index in [1.54, 1.807) is 14.2 Å². The Morgan fingerprint density at radius 2 is 2.15 bits per heavy atom. The van der Waals surface area contributed by atoms with Crippen LogP contribution in [0.2, 0.25) is 0 Å². The lowest BCUT2D eigenvalue weighted by Gasteiger charge is -2.21. The molecule has 0 saturated carbocycles. The minimum absolute atomic E-state index is 0. The Balaban J connectivity index is 0.00000261. The SMILES string of the molecule is CN=C(NCc1ccc(OC)nc1)NC1CCN(c2ccccc2Br)C1.I. The van der Waals surface area contributed by atoms with E-state index in [0.717, 1.165) is 35.5 Å². The summed E-state index contributed by atoms with van der Waals surface area (Å²) in [5.41, 5.74) is 2.32. The molecular weight excluding hydrogens is 521 g/mol. The molecule has 1 aromatic carbocycles. The molecule has 1 aromatic heterocycles. The fraction of sp³-hybridized carbons (Fsp3) is 0.368. The van der Waals surface area contributed by atoms with Crippen LogP contribution in [0, 0.1) is 0 Å². The van der Waals surface area contributed by atoms with Gasteiger partial charge in [0.25, 0.3) is 0 Å². The van der Waals surface area contributed by atoms with Crippen molar-refractivity contribution in [2.45, 2.75) is 19.0 Å². The van der Waals surface area contributed by atoms with E-state index in [-0.39, 0.29) is 24.0 Å². The molecule has 27 heavy (non-hydrogen) atoms. The molecule has 0 radical (unpaired) electrons. The second-order valence-electron chi connectivity index (χ2n) is 6.16. The van der Waals surface area contributed by atoms with Gasteiger partial charge in [0, 0.05) is 49.5 Å². The molecule has 2 N–H and O–H groups in total. The molecule has 1 saturated heterocycles. The minimum Gasteiger partial charge on any atom is -0.481 e. The number of benzene rings is 1. The number of anilines is 1. The van der Waals surface area contributed by atoms with Crippen LogP contribution in [0.15, 0.2) is 52.1 Å². The minimum atomic E-state index is 0. The summed E-state index contributed by atoms with van der Waals surface area (Å²) in [4.78, 5) is 11.0. The molecule has 8 heteroatoms. The Morgan fingerprint density at radius 1 is 1.33 bits per heavy atom. The first-order valence-electron chi connectivity index (χ1n) is 8.65. The van der Waals surface area contributed by atoms with E-state index >= 15 is 0 Å². The van der Waals surface area contributed by atoms with Gasteiger partial charge in [0.15, 0.2) is 5.96 Å². The van der Waals surface area contributed by atoms with E-state index < -0.39 is 0 Å². The number of aromatic nitrogens is 1. The third-order valence-electron chi connectivity index (χ3n) is 4.41. The molecule has 2 heterocycles. The number of halogens is 2. The van der Waals surface area contributed by atoms with E-state index in [1.165, 1.54) is 5.69 Å². The molecule has 2 aromatic rings. The van der Waals surface area contributed by atoms with Gasteiger partial charge in [-0.15, -0.1) is 24.0 Å². The number of aliphatic imine (C=N–C) groups is 1. The van der Waals surface area contributed by atoms with Crippen LogP contribution in [-0.4, -0.2) is 44.2 Å². The van der Waals surface area contributed by atoms with Gasteiger partial charge in [-0.05, 0) is 40.0 Å². The lowest BCUT2D eigenvalue weighted by atomic mass is 10.2. The molecule has 1 unspecified atom stereocenters. The van der Waals surface area contributed by atoms with Crippen LogP contribution in [-0.2, 0) is 6.54 Å². The largest absolute Gasteiger partial charge is 0.481 e. The number of nitrogens with one attached hydrogen (secondary N) is 2. The average molecular weight is 546 g/mol. The normalized spacial score (nSPS) is 16.6. The van der Waals surface area contributed by atoms with E-state index in [2.05, 4.69) is 59.6 Å². The molecule has 6 nitrogen and oxygen atoms in total. The van der Waals surface area contributed by atoms with Crippen molar-refractivity contribution < 1.29 is 4.74 Å². The second-order valence-corrected chi connectivity index (χ2v) is 7.02. The van der Waals surface area contributed by atoms with E-state index in [1.807, 2.05) is 24.4 Å². The summed E-state index contributed by atoms with van der Waals surface area (Å²) < 4.78 is 6.22. The third-order valence-corrected chi connectivity index (χ3v) is 5.08. The fourth-order valence-electron chi connectivity index (χ4n) is 3.02. The van der Waals surface area contributed by atoms with Crippen molar-refractivity contribution in [3.63, 3.8) is 0 Å². The number of hydrogen-bond acceptors (Lipinski definition) is 4. The summed E-state index contributed by atoms with van der Waals surface area (Å²) in [6.07, 6.45) is 2.88. The molecule has 146 valence electrons. The lowest BCUT2D eigenvalue weighted by Crippen LogP contribution is -2.44. The first kappa shape index (κ1) is 21.7. The third kappa shape index (κ3) is 5.97. The Hall–Kier alpha value is -1.55. The standard InChI is InChI=1S/C19H24BrN5O.HI/c1-21-19(23-12-14-7-8-18(26-2)22-11-14)24-15-9-10-25(13-15)17-6-4-3-5-16(17)20;/h3-8,11,15H,9-10,12-13H2,1-2H3,(H2,21,23,24);1H. The average Bonchev–Trinajstić information content (AvgIpc) is 3.14. The summed E-state index contributed by atoms with van der Waals surface area (Å²) in [5, 5.41) is 6.86. The summed E-state index contributed by atoms with van der Waals surface area (Å²) >= 11 is 3.64. The number of rotatable bonds is 5. The molecule has 1 aliphatic rings. The van der Waals surface area contributed by atoms with Crippen LogP contribution in [0.4, 0.5) is 5.69 Å². The highest BCUT2D eigenvalue weighted by Crippen LogP contribution is 2.28. The predicted molar refractivity (Wildman–Crippen MR) is 124 cm³/mol. The zero-order chi connectivity index (χ0) is 18.4. The quantitative estimate of drug-likeness (QED) is 0.342. The number of hydrogen-bond donors (Lipinski definition) is 2. The first-order valence-corrected chi connectivity index (χ1v) is 9.44. The number of guanidine groups is 1. The van der Waals surface area contributed by atoms with Gasteiger partial charge >= 0.3 is 0 Å². The topological polar surface area (TPSA) is 61.8 Å². The van der Waals surface area contributed by atoms with Crippen LogP contribution in [0.3, 0.4) is 0 Å². The zero-order valence-corrected chi connectivity index (χ0v) is 19.4. The number of para-hydroxylation sites is 1. The molecule has 0 bridgehead atoms. The van der Waals surface area contributed by atoms with Crippen LogP contribution < -0.4 is 20.3 Å². The van der Waals surface area contributed by atoms with Gasteiger partial charge in [0.05, 0.1) is 12.8 Å². The van der Waals surface area contributed by atoms with Gasteiger partial charge < -0.3 is 20.3 Å². The predicted octanol–water partition coefficient (Wildman–Crippen LogP) is 3.41. The number of pyridine rings is 1. The summed E-state index contributed by atoms with van der Waals surface area (Å²) in [7, 11) is 3.41. The maximum atomic E-state index is 5.08. The first-order chi connectivity index (χ1) is 12.7. The number of methoxy groups -OCH3 is 1. The van der Waals surface area contributed by atoms with E-state index in [0.29, 0.717) is 18.5 Å². The Kier molecular flexibility index (Phi) is 8.62. The Bertz CT molecular complexity index is 756. The number of nitrogens with zero attached hydrogens (tertiary/aromatic N) is 3. The maximum absolute atomic E-state index is 5.08. The molecular formula is C19H25BrIN5O. The second kappa shape index (κ2) is 10.7. The Labute approximate surface area is 186 Å². The molecule has 0 amide bonds. The van der Waals surface area contributed by atoms with Crippen molar-refractivity contribution >= 4 is 51.6 Å². The highest BCUT2D eigenvalue weighted by Gasteiger charge is 2.24. The molecule has 3 rings (SSSR count). The van der Waals surface area contributed by atoms with Crippen LogP contribution in [0.5, 0.6) is 5.88 Å². The monoisotopic (exact) mass is 545 g/mol. The van der Waals surface area contributed by atoms with Gasteiger partial charge in [-0.1, -0.05) is 18.2 Å². The molecule has 0 spiro atoms. The van der Waals surface area contributed by atoms with Gasteiger partial charge in [-0.25, -0.2) is 4.98 Å². The van der Waals surface area contributed by atoms with E-state index in [4.69, 9.17) is 4.74 Å². The molecule has 0 aliphatic carbocycles. The summed E-state index contributed by atoms with van der Waals surface area (Å²) in [6, 6.07) is 12.6. The smallest absolute Gasteiger partial charge is 0.212 e. The van der Waals surface area contributed by atoms with Crippen molar-refractivity contribution in [2.75, 3.05) is 32.1 Å². The fourth-order valence-corrected chi connectivity index (χ4v) is 3.55.